The Hall–Kier alpha value is -2.16. The second-order valence-electron chi connectivity index (χ2n) is 7.08. The van der Waals surface area contributed by atoms with Crippen molar-refractivity contribution in [1.29, 1.82) is 0 Å². The van der Waals surface area contributed by atoms with Gasteiger partial charge >= 0.3 is 0 Å². The van der Waals surface area contributed by atoms with Gasteiger partial charge in [-0.2, -0.15) is 0 Å². The molecular formula is C28H27BrClO2P. The summed E-state index contributed by atoms with van der Waals surface area (Å²) in [6, 6.07) is 38.0. The van der Waals surface area contributed by atoms with E-state index in [2.05, 4.69) is 107 Å². The summed E-state index contributed by atoms with van der Waals surface area (Å²) < 4.78 is 10.3. The van der Waals surface area contributed by atoms with E-state index >= 15 is 0 Å². The van der Waals surface area contributed by atoms with Gasteiger partial charge in [0.25, 0.3) is 0 Å². The van der Waals surface area contributed by atoms with E-state index < -0.39 is 7.92 Å². The zero-order chi connectivity index (χ0) is 23.3. The quantitative estimate of drug-likeness (QED) is 0.140. The molecule has 0 aliphatic rings. The fraction of sp³-hybridized carbons (Fsp3) is 0.143. The Morgan fingerprint density at radius 1 is 0.697 bits per heavy atom. The van der Waals surface area contributed by atoms with Gasteiger partial charge in [-0.15, -0.1) is 0 Å². The minimum Gasteiger partial charge on any atom is -0.490 e. The molecule has 0 aliphatic carbocycles. The van der Waals surface area contributed by atoms with Crippen LogP contribution in [0.3, 0.4) is 0 Å². The minimum absolute atomic E-state index is 0.446. The molecule has 0 fully saturated rings. The zero-order valence-electron chi connectivity index (χ0n) is 18.5. The van der Waals surface area contributed by atoms with Crippen LogP contribution in [0.15, 0.2) is 109 Å². The summed E-state index contributed by atoms with van der Waals surface area (Å²) in [7, 11) is 1.19. The van der Waals surface area contributed by atoms with E-state index in [1.165, 1.54) is 15.9 Å². The van der Waals surface area contributed by atoms with E-state index in [-0.39, 0.29) is 0 Å². The molecule has 4 rings (SSSR count). The third-order valence-electron chi connectivity index (χ3n) is 4.74. The van der Waals surface area contributed by atoms with E-state index in [9.17, 15) is 0 Å². The van der Waals surface area contributed by atoms with Crippen LogP contribution < -0.4 is 20.7 Å². The maximum Gasteiger partial charge on any atom is 0.138 e. The molecule has 33 heavy (non-hydrogen) atoms. The number of hydrogen-bond acceptors (Lipinski definition) is 2. The third kappa shape index (κ3) is 7.98. The lowest BCUT2D eigenvalue weighted by atomic mass is 10.2. The Balaban J connectivity index is 0.000000196. The van der Waals surface area contributed by atoms with Crippen molar-refractivity contribution in [3.63, 3.8) is 0 Å². The molecule has 0 spiro atoms. The monoisotopic (exact) mass is 540 g/mol. The molecule has 0 unspecified atom stereocenters. The summed E-state index contributed by atoms with van der Waals surface area (Å²) in [6.07, 6.45) is 0. The lowest BCUT2D eigenvalue weighted by Crippen LogP contribution is -2.20. The normalized spacial score (nSPS) is 10.4. The highest BCUT2D eigenvalue weighted by Crippen LogP contribution is 2.32. The minimum atomic E-state index is -0.446. The summed E-state index contributed by atoms with van der Waals surface area (Å²) in [4.78, 5) is 0. The molecule has 170 valence electrons. The second-order valence-corrected chi connectivity index (χ2v) is 10.3. The fourth-order valence-electron chi connectivity index (χ4n) is 3.15. The van der Waals surface area contributed by atoms with Crippen LogP contribution in [0.25, 0.3) is 0 Å². The molecule has 0 saturated carbocycles. The van der Waals surface area contributed by atoms with Gasteiger partial charge in [0.15, 0.2) is 0 Å². The SMILES string of the molecule is COCCOc1cc(CBr)ccc1Cl.c1ccc(P(c2ccccc2)c2ccccc2)cc1. The smallest absolute Gasteiger partial charge is 0.138 e. The lowest BCUT2D eigenvalue weighted by Gasteiger charge is -2.18. The van der Waals surface area contributed by atoms with Gasteiger partial charge in [0.1, 0.15) is 12.4 Å². The van der Waals surface area contributed by atoms with E-state index in [0.717, 1.165) is 10.9 Å². The Morgan fingerprint density at radius 3 is 1.61 bits per heavy atom. The van der Waals surface area contributed by atoms with Crippen LogP contribution in [0.1, 0.15) is 5.56 Å². The van der Waals surface area contributed by atoms with Gasteiger partial charge in [-0.3, -0.25) is 0 Å². The number of halogens is 2. The highest BCUT2D eigenvalue weighted by molar-refractivity contribution is 9.08. The predicted octanol–water partition coefficient (Wildman–Crippen LogP) is 6.70. The summed E-state index contributed by atoms with van der Waals surface area (Å²) >= 11 is 9.33. The molecule has 0 atom stereocenters. The number of ether oxygens (including phenoxy) is 2. The molecule has 2 nitrogen and oxygen atoms in total. The van der Waals surface area contributed by atoms with E-state index in [0.29, 0.717) is 24.0 Å². The highest BCUT2D eigenvalue weighted by atomic mass is 79.9. The van der Waals surface area contributed by atoms with Crippen molar-refractivity contribution in [2.45, 2.75) is 5.33 Å². The average molecular weight is 542 g/mol. The van der Waals surface area contributed by atoms with Gasteiger partial charge < -0.3 is 9.47 Å². The number of hydrogen-bond donors (Lipinski definition) is 0. The first kappa shape index (κ1) is 25.5. The van der Waals surface area contributed by atoms with Gasteiger partial charge in [0.05, 0.1) is 11.6 Å². The average Bonchev–Trinajstić information content (AvgIpc) is 2.88. The summed E-state index contributed by atoms with van der Waals surface area (Å²) in [5.41, 5.74) is 1.14. The molecule has 0 N–H and O–H groups in total. The molecule has 0 radical (unpaired) electrons. The topological polar surface area (TPSA) is 18.5 Å². The highest BCUT2D eigenvalue weighted by Gasteiger charge is 2.15. The van der Waals surface area contributed by atoms with Crippen LogP contribution in [0.5, 0.6) is 5.75 Å². The van der Waals surface area contributed by atoms with Gasteiger partial charge in [-0.25, -0.2) is 0 Å². The molecule has 0 bridgehead atoms. The van der Waals surface area contributed by atoms with E-state index in [4.69, 9.17) is 21.1 Å². The first-order valence-electron chi connectivity index (χ1n) is 10.6. The van der Waals surface area contributed by atoms with Crippen LogP contribution in [-0.4, -0.2) is 20.3 Å². The largest absolute Gasteiger partial charge is 0.490 e. The first-order valence-corrected chi connectivity index (χ1v) is 13.5. The molecule has 0 aromatic heterocycles. The van der Waals surface area contributed by atoms with E-state index in [1.54, 1.807) is 7.11 Å². The Kier molecular flexibility index (Phi) is 10.9. The third-order valence-corrected chi connectivity index (χ3v) is 8.14. The van der Waals surface area contributed by atoms with Crippen LogP contribution in [0, 0.1) is 0 Å². The Labute approximate surface area is 211 Å². The number of alkyl halides is 1. The molecule has 4 aromatic carbocycles. The van der Waals surface area contributed by atoms with Crippen molar-refractivity contribution in [1.82, 2.24) is 0 Å². The molecule has 5 heteroatoms. The van der Waals surface area contributed by atoms with Crippen molar-refractivity contribution in [3.05, 3.63) is 120 Å². The number of rotatable bonds is 8. The van der Waals surface area contributed by atoms with Gasteiger partial charge in [0.2, 0.25) is 0 Å². The second kappa shape index (κ2) is 14.2. The summed E-state index contributed by atoms with van der Waals surface area (Å²) in [5, 5.41) is 5.62. The Morgan fingerprint density at radius 2 is 1.18 bits per heavy atom. The molecule has 0 amide bonds. The van der Waals surface area contributed by atoms with Gasteiger partial charge in [-0.05, 0) is 41.5 Å². The van der Waals surface area contributed by atoms with E-state index in [1.807, 2.05) is 18.2 Å². The van der Waals surface area contributed by atoms with Crippen LogP contribution >= 0.6 is 35.5 Å². The number of benzene rings is 4. The van der Waals surface area contributed by atoms with Crippen LogP contribution in [0.4, 0.5) is 0 Å². The van der Waals surface area contributed by atoms with Crippen molar-refractivity contribution in [2.75, 3.05) is 20.3 Å². The maximum absolute atomic E-state index is 5.95. The standard InChI is InChI=1S/C18H15P.C10H12BrClO2/c1-4-10-16(11-5-1)19(17-12-6-2-7-13-17)18-14-8-3-9-15-18;1-13-4-5-14-10-6-8(7-11)2-3-9(10)12/h1-15H;2-3,6H,4-5,7H2,1H3. The summed E-state index contributed by atoms with van der Waals surface area (Å²) in [5.74, 6) is 0.709. The fourth-order valence-corrected chi connectivity index (χ4v) is 5.98. The first-order chi connectivity index (χ1) is 16.2. The van der Waals surface area contributed by atoms with Gasteiger partial charge in [0, 0.05) is 12.4 Å². The zero-order valence-corrected chi connectivity index (χ0v) is 21.8. The Bertz CT molecular complexity index is 985. The molecule has 0 aliphatic heterocycles. The molecule has 4 aromatic rings. The van der Waals surface area contributed by atoms with Crippen molar-refractivity contribution in [2.24, 2.45) is 0 Å². The van der Waals surface area contributed by atoms with Crippen LogP contribution in [-0.2, 0) is 10.1 Å². The van der Waals surface area contributed by atoms with Crippen LogP contribution in [0.2, 0.25) is 5.02 Å². The van der Waals surface area contributed by atoms with Crippen molar-refractivity contribution < 1.29 is 9.47 Å². The molecule has 0 saturated heterocycles. The lowest BCUT2D eigenvalue weighted by molar-refractivity contribution is 0.146. The number of methoxy groups -OCH3 is 1. The van der Waals surface area contributed by atoms with Gasteiger partial charge in [-0.1, -0.05) is 125 Å². The molecule has 0 heterocycles. The predicted molar refractivity (Wildman–Crippen MR) is 147 cm³/mol. The summed E-state index contributed by atoms with van der Waals surface area (Å²) in [6.45, 7) is 1.08. The molecular weight excluding hydrogens is 515 g/mol. The van der Waals surface area contributed by atoms with Crippen molar-refractivity contribution in [3.8, 4) is 5.75 Å². The maximum atomic E-state index is 5.95. The van der Waals surface area contributed by atoms with Crippen molar-refractivity contribution >= 4 is 51.4 Å².